The Morgan fingerprint density at radius 1 is 0.500 bits per heavy atom. The molecule has 166 valence electrons. The predicted octanol–water partition coefficient (Wildman–Crippen LogP) is 8.27. The number of benzene rings is 4. The molecule has 0 N–H and O–H groups in total. The van der Waals surface area contributed by atoms with E-state index < -0.39 is 0 Å². The lowest BCUT2D eigenvalue weighted by Crippen LogP contribution is -2.10. The summed E-state index contributed by atoms with van der Waals surface area (Å²) < 4.78 is 11.8. The highest BCUT2D eigenvalue weighted by molar-refractivity contribution is 6.10. The van der Waals surface area contributed by atoms with E-state index in [0.717, 1.165) is 22.6 Å². The summed E-state index contributed by atoms with van der Waals surface area (Å²) in [6.07, 6.45) is 0. The summed E-state index contributed by atoms with van der Waals surface area (Å²) in [6.45, 7) is 13.5. The molecule has 4 rings (SSSR count). The van der Waals surface area contributed by atoms with E-state index in [-0.39, 0.29) is 10.8 Å². The summed E-state index contributed by atoms with van der Waals surface area (Å²) in [6, 6.07) is 22.0. The lowest BCUT2D eigenvalue weighted by molar-refractivity contribution is 0.411. The van der Waals surface area contributed by atoms with Crippen molar-refractivity contribution in [2.45, 2.75) is 52.4 Å². The van der Waals surface area contributed by atoms with E-state index in [1.165, 1.54) is 32.7 Å². The number of hydrogen-bond donors (Lipinski definition) is 0. The minimum atomic E-state index is 0.0920. The number of rotatable bonds is 3. The standard InChI is InChI=1S/C30H34O2/c1-29(2,3)21-11-13-23-19(17-21)9-15-25(31-7)27(23)28-24-14-12-22(30(4,5)6)18-20(24)10-16-26(28)32-8/h9-18H,1-8H3. The molecule has 0 aromatic heterocycles. The molecular formula is C30H34O2. The van der Waals surface area contributed by atoms with Crippen molar-refractivity contribution in [3.05, 3.63) is 71.8 Å². The van der Waals surface area contributed by atoms with Crippen LogP contribution in [0.2, 0.25) is 0 Å². The van der Waals surface area contributed by atoms with Gasteiger partial charge in [-0.3, -0.25) is 0 Å². The number of fused-ring (bicyclic) bond motifs is 2. The maximum Gasteiger partial charge on any atom is 0.127 e. The molecule has 2 nitrogen and oxygen atoms in total. The van der Waals surface area contributed by atoms with Crippen molar-refractivity contribution in [2.75, 3.05) is 14.2 Å². The highest BCUT2D eigenvalue weighted by Crippen LogP contribution is 2.46. The van der Waals surface area contributed by atoms with Crippen molar-refractivity contribution in [3.8, 4) is 22.6 Å². The first-order valence-electron chi connectivity index (χ1n) is 11.3. The van der Waals surface area contributed by atoms with Crippen LogP contribution in [0.25, 0.3) is 32.7 Å². The molecular weight excluding hydrogens is 392 g/mol. The third-order valence-corrected chi connectivity index (χ3v) is 6.39. The van der Waals surface area contributed by atoms with Gasteiger partial charge in [-0.2, -0.15) is 0 Å². The fraction of sp³-hybridized carbons (Fsp3) is 0.333. The van der Waals surface area contributed by atoms with Crippen LogP contribution in [-0.4, -0.2) is 14.2 Å². The molecule has 32 heavy (non-hydrogen) atoms. The summed E-state index contributed by atoms with van der Waals surface area (Å²) >= 11 is 0. The number of hydrogen-bond acceptors (Lipinski definition) is 2. The van der Waals surface area contributed by atoms with Gasteiger partial charge in [-0.15, -0.1) is 0 Å². The van der Waals surface area contributed by atoms with Crippen LogP contribution in [0.3, 0.4) is 0 Å². The fourth-order valence-corrected chi connectivity index (χ4v) is 4.41. The summed E-state index contributed by atoms with van der Waals surface area (Å²) in [4.78, 5) is 0. The second-order valence-corrected chi connectivity index (χ2v) is 10.7. The molecule has 0 aliphatic heterocycles. The smallest absolute Gasteiger partial charge is 0.127 e. The van der Waals surface area contributed by atoms with E-state index in [4.69, 9.17) is 9.47 Å². The lowest BCUT2D eigenvalue weighted by Gasteiger charge is -2.23. The maximum atomic E-state index is 5.88. The molecule has 0 saturated heterocycles. The summed E-state index contributed by atoms with van der Waals surface area (Å²) in [5, 5.41) is 4.75. The highest BCUT2D eigenvalue weighted by Gasteiger charge is 2.21. The Hall–Kier alpha value is -3.00. The van der Waals surface area contributed by atoms with Gasteiger partial charge in [0.2, 0.25) is 0 Å². The molecule has 0 fully saturated rings. The molecule has 2 heteroatoms. The predicted molar refractivity (Wildman–Crippen MR) is 137 cm³/mol. The zero-order chi connectivity index (χ0) is 23.3. The van der Waals surface area contributed by atoms with Gasteiger partial charge in [-0.1, -0.05) is 90.1 Å². The first-order valence-corrected chi connectivity index (χ1v) is 11.3. The summed E-state index contributed by atoms with van der Waals surface area (Å²) in [5.74, 6) is 1.71. The van der Waals surface area contributed by atoms with Crippen LogP contribution >= 0.6 is 0 Å². The summed E-state index contributed by atoms with van der Waals surface area (Å²) in [5.41, 5.74) is 4.98. The van der Waals surface area contributed by atoms with Crippen molar-refractivity contribution in [1.82, 2.24) is 0 Å². The minimum Gasteiger partial charge on any atom is -0.496 e. The van der Waals surface area contributed by atoms with Crippen LogP contribution in [0.1, 0.15) is 52.7 Å². The van der Waals surface area contributed by atoms with Gasteiger partial charge in [-0.05, 0) is 55.6 Å². The van der Waals surface area contributed by atoms with E-state index in [2.05, 4.69) is 102 Å². The average Bonchev–Trinajstić information content (AvgIpc) is 2.75. The van der Waals surface area contributed by atoms with Crippen molar-refractivity contribution >= 4 is 21.5 Å². The van der Waals surface area contributed by atoms with Gasteiger partial charge in [0.1, 0.15) is 11.5 Å². The minimum absolute atomic E-state index is 0.0920. The Morgan fingerprint density at radius 3 is 1.19 bits per heavy atom. The average molecular weight is 427 g/mol. The van der Waals surface area contributed by atoms with Crippen LogP contribution in [0.5, 0.6) is 11.5 Å². The lowest BCUT2D eigenvalue weighted by atomic mass is 9.83. The van der Waals surface area contributed by atoms with Crippen LogP contribution in [0.4, 0.5) is 0 Å². The number of methoxy groups -OCH3 is 2. The van der Waals surface area contributed by atoms with E-state index in [1.807, 2.05) is 0 Å². The van der Waals surface area contributed by atoms with Gasteiger partial charge in [0, 0.05) is 11.1 Å². The van der Waals surface area contributed by atoms with Gasteiger partial charge in [0.25, 0.3) is 0 Å². The van der Waals surface area contributed by atoms with Gasteiger partial charge in [0.15, 0.2) is 0 Å². The quantitative estimate of drug-likeness (QED) is 0.328. The molecule has 0 unspecified atom stereocenters. The molecule has 4 aromatic rings. The third-order valence-electron chi connectivity index (χ3n) is 6.39. The zero-order valence-electron chi connectivity index (χ0n) is 20.6. The van der Waals surface area contributed by atoms with Crippen LogP contribution in [0.15, 0.2) is 60.7 Å². The van der Waals surface area contributed by atoms with Crippen LogP contribution in [0, 0.1) is 0 Å². The Balaban J connectivity index is 2.09. The van der Waals surface area contributed by atoms with Crippen LogP contribution < -0.4 is 9.47 Å². The molecule has 0 radical (unpaired) electrons. The first kappa shape index (κ1) is 22.2. The topological polar surface area (TPSA) is 18.5 Å². The van der Waals surface area contributed by atoms with Crippen molar-refractivity contribution < 1.29 is 9.47 Å². The molecule has 0 heterocycles. The highest BCUT2D eigenvalue weighted by atomic mass is 16.5. The largest absolute Gasteiger partial charge is 0.496 e. The Bertz CT molecular complexity index is 1200. The van der Waals surface area contributed by atoms with Gasteiger partial charge < -0.3 is 9.47 Å². The monoisotopic (exact) mass is 426 g/mol. The molecule has 0 aliphatic rings. The van der Waals surface area contributed by atoms with E-state index >= 15 is 0 Å². The third kappa shape index (κ3) is 3.83. The van der Waals surface area contributed by atoms with Gasteiger partial charge >= 0.3 is 0 Å². The van der Waals surface area contributed by atoms with E-state index in [0.29, 0.717) is 0 Å². The molecule has 0 spiro atoms. The Morgan fingerprint density at radius 2 is 0.875 bits per heavy atom. The SMILES string of the molecule is COc1ccc2cc(C(C)(C)C)ccc2c1-c1c(OC)ccc2cc(C(C)(C)C)ccc12. The van der Waals surface area contributed by atoms with Crippen molar-refractivity contribution in [3.63, 3.8) is 0 Å². The molecule has 0 saturated carbocycles. The van der Waals surface area contributed by atoms with Crippen molar-refractivity contribution in [1.29, 1.82) is 0 Å². The summed E-state index contributed by atoms with van der Waals surface area (Å²) in [7, 11) is 3.48. The second-order valence-electron chi connectivity index (χ2n) is 10.7. The fourth-order valence-electron chi connectivity index (χ4n) is 4.41. The zero-order valence-corrected chi connectivity index (χ0v) is 20.6. The Labute approximate surface area is 192 Å². The maximum absolute atomic E-state index is 5.88. The van der Waals surface area contributed by atoms with Crippen molar-refractivity contribution in [2.24, 2.45) is 0 Å². The molecule has 0 atom stereocenters. The number of ether oxygens (including phenoxy) is 2. The Kier molecular flexibility index (Phi) is 5.45. The second kappa shape index (κ2) is 7.85. The normalized spacial score (nSPS) is 12.4. The molecule has 4 aromatic carbocycles. The molecule has 0 bridgehead atoms. The van der Waals surface area contributed by atoms with Gasteiger partial charge in [-0.25, -0.2) is 0 Å². The first-order chi connectivity index (χ1) is 15.0. The van der Waals surface area contributed by atoms with Crippen LogP contribution in [-0.2, 0) is 10.8 Å². The van der Waals surface area contributed by atoms with E-state index in [1.54, 1.807) is 14.2 Å². The van der Waals surface area contributed by atoms with E-state index in [9.17, 15) is 0 Å². The van der Waals surface area contributed by atoms with Gasteiger partial charge in [0.05, 0.1) is 14.2 Å². The molecule has 0 amide bonds. The molecule has 0 aliphatic carbocycles.